The number of aromatic nitrogens is 3. The van der Waals surface area contributed by atoms with E-state index in [0.717, 1.165) is 11.3 Å². The first-order valence-corrected chi connectivity index (χ1v) is 11.5. The van der Waals surface area contributed by atoms with E-state index in [2.05, 4.69) is 15.1 Å². The SMILES string of the molecule is Nc1c(S(=O)(=O)c2cccs2)c2nc3ccccc3nc2n1N=Cc1ccc(F)cc1. The quantitative estimate of drug-likeness (QED) is 0.415. The van der Waals surface area contributed by atoms with Crippen LogP contribution in [0.15, 0.2) is 80.2 Å². The average Bonchev–Trinajstić information content (AvgIpc) is 3.39. The van der Waals surface area contributed by atoms with Crippen LogP contribution >= 0.6 is 11.3 Å². The number of nitrogens with two attached hydrogens (primary N) is 1. The fraction of sp³-hybridized carbons (Fsp3) is 0. The zero-order valence-electron chi connectivity index (χ0n) is 15.8. The van der Waals surface area contributed by atoms with Crippen molar-refractivity contribution in [3.63, 3.8) is 0 Å². The summed E-state index contributed by atoms with van der Waals surface area (Å²) in [5.74, 6) is -0.471. The van der Waals surface area contributed by atoms with Gasteiger partial charge in [-0.3, -0.25) is 0 Å². The molecule has 154 valence electrons. The minimum absolute atomic E-state index is 0.0999. The minimum atomic E-state index is -3.94. The Bertz CT molecular complexity index is 1560. The largest absolute Gasteiger partial charge is 0.382 e. The van der Waals surface area contributed by atoms with Gasteiger partial charge in [0.2, 0.25) is 9.84 Å². The number of rotatable bonds is 4. The van der Waals surface area contributed by atoms with Crippen LogP contribution in [0.3, 0.4) is 0 Å². The molecule has 0 aliphatic rings. The molecule has 0 saturated heterocycles. The fourth-order valence-corrected chi connectivity index (χ4v) is 5.78. The van der Waals surface area contributed by atoms with Crippen molar-refractivity contribution in [3.8, 4) is 0 Å². The predicted octanol–water partition coefficient (Wildman–Crippen LogP) is 4.08. The number of nitrogen functional groups attached to an aromatic ring is 1. The number of benzene rings is 2. The summed E-state index contributed by atoms with van der Waals surface area (Å²) in [6, 6.07) is 16.0. The van der Waals surface area contributed by atoms with Crippen LogP contribution < -0.4 is 5.73 Å². The van der Waals surface area contributed by atoms with E-state index in [0.29, 0.717) is 16.6 Å². The molecule has 0 atom stereocenters. The van der Waals surface area contributed by atoms with Crippen molar-refractivity contribution in [2.24, 2.45) is 5.10 Å². The van der Waals surface area contributed by atoms with Gasteiger partial charge in [0.25, 0.3) is 0 Å². The first kappa shape index (κ1) is 19.3. The fourth-order valence-electron chi connectivity index (χ4n) is 3.19. The molecule has 0 saturated carbocycles. The third kappa shape index (κ3) is 3.25. The lowest BCUT2D eigenvalue weighted by atomic mass is 10.2. The molecule has 0 aliphatic heterocycles. The Labute approximate surface area is 180 Å². The molecule has 3 aromatic heterocycles. The van der Waals surface area contributed by atoms with Crippen molar-refractivity contribution in [1.82, 2.24) is 14.6 Å². The molecule has 0 radical (unpaired) electrons. The van der Waals surface area contributed by atoms with Crippen LogP contribution in [-0.2, 0) is 9.84 Å². The molecule has 5 aromatic rings. The highest BCUT2D eigenvalue weighted by molar-refractivity contribution is 7.93. The Hall–Kier alpha value is -3.63. The zero-order valence-corrected chi connectivity index (χ0v) is 17.4. The second-order valence-corrected chi connectivity index (χ2v) is 9.70. The lowest BCUT2D eigenvalue weighted by molar-refractivity contribution is 0.599. The summed E-state index contributed by atoms with van der Waals surface area (Å²) >= 11 is 1.09. The van der Waals surface area contributed by atoms with E-state index >= 15 is 0 Å². The summed E-state index contributed by atoms with van der Waals surface area (Å²) in [5, 5.41) is 6.01. The minimum Gasteiger partial charge on any atom is -0.382 e. The average molecular weight is 452 g/mol. The summed E-state index contributed by atoms with van der Waals surface area (Å²) in [5.41, 5.74) is 8.37. The van der Waals surface area contributed by atoms with Crippen molar-refractivity contribution >= 4 is 55.4 Å². The van der Waals surface area contributed by atoms with Crippen molar-refractivity contribution in [2.45, 2.75) is 9.10 Å². The number of thiophene rings is 1. The molecular formula is C21H14FN5O2S2. The molecule has 0 unspecified atom stereocenters. The first-order valence-electron chi connectivity index (χ1n) is 9.10. The molecule has 0 bridgehead atoms. The maximum atomic E-state index is 13.3. The third-order valence-electron chi connectivity index (χ3n) is 4.65. The van der Waals surface area contributed by atoms with Gasteiger partial charge in [0.05, 0.1) is 17.2 Å². The number of nitrogens with zero attached hydrogens (tertiary/aromatic N) is 4. The van der Waals surface area contributed by atoms with Crippen molar-refractivity contribution < 1.29 is 12.8 Å². The van der Waals surface area contributed by atoms with Gasteiger partial charge in [0, 0.05) is 0 Å². The van der Waals surface area contributed by atoms with Crippen molar-refractivity contribution in [1.29, 1.82) is 0 Å². The Morgan fingerprint density at radius 1 is 1.00 bits per heavy atom. The van der Waals surface area contributed by atoms with E-state index in [4.69, 9.17) is 5.73 Å². The standard InChI is InChI=1S/C21H14FN5O2S2/c22-14-9-7-13(8-10-14)12-24-27-20(23)19(31(28,29)17-6-3-11-30-17)18-21(27)26-16-5-2-1-4-15(16)25-18/h1-12H,23H2. The molecule has 3 heterocycles. The molecule has 0 spiro atoms. The van der Waals surface area contributed by atoms with Crippen LogP contribution in [0.4, 0.5) is 10.2 Å². The van der Waals surface area contributed by atoms with E-state index in [1.807, 2.05) is 6.07 Å². The third-order valence-corrected chi connectivity index (χ3v) is 7.86. The number of halogens is 1. The lowest BCUT2D eigenvalue weighted by Crippen LogP contribution is -2.05. The van der Waals surface area contributed by atoms with Crippen LogP contribution in [0.5, 0.6) is 0 Å². The number of sulfone groups is 1. The lowest BCUT2D eigenvalue weighted by Gasteiger charge is -2.02. The molecule has 0 amide bonds. The summed E-state index contributed by atoms with van der Waals surface area (Å²) in [7, 11) is -3.94. The van der Waals surface area contributed by atoms with Crippen LogP contribution in [0.2, 0.25) is 0 Å². The molecule has 31 heavy (non-hydrogen) atoms. The summed E-state index contributed by atoms with van der Waals surface area (Å²) in [6.07, 6.45) is 1.45. The van der Waals surface area contributed by atoms with Gasteiger partial charge >= 0.3 is 0 Å². The van der Waals surface area contributed by atoms with Crippen molar-refractivity contribution in [3.05, 3.63) is 77.4 Å². The molecule has 7 nitrogen and oxygen atoms in total. The molecule has 10 heteroatoms. The van der Waals surface area contributed by atoms with E-state index in [9.17, 15) is 12.8 Å². The highest BCUT2D eigenvalue weighted by atomic mass is 32.2. The van der Waals surface area contributed by atoms with Gasteiger partial charge in [-0.2, -0.15) is 9.78 Å². The maximum absolute atomic E-state index is 13.3. The predicted molar refractivity (Wildman–Crippen MR) is 119 cm³/mol. The Morgan fingerprint density at radius 2 is 1.71 bits per heavy atom. The number of hydrogen-bond donors (Lipinski definition) is 1. The van der Waals surface area contributed by atoms with Gasteiger partial charge in [0.1, 0.15) is 26.3 Å². The Balaban J connectivity index is 1.80. The highest BCUT2D eigenvalue weighted by Crippen LogP contribution is 2.36. The van der Waals surface area contributed by atoms with Gasteiger partial charge in [-0.1, -0.05) is 30.3 Å². The Morgan fingerprint density at radius 3 is 2.39 bits per heavy atom. The monoisotopic (exact) mass is 451 g/mol. The summed E-state index contributed by atoms with van der Waals surface area (Å²) in [4.78, 5) is 8.97. The number of fused-ring (bicyclic) bond motifs is 2. The maximum Gasteiger partial charge on any atom is 0.221 e. The Kier molecular flexibility index (Phi) is 4.53. The summed E-state index contributed by atoms with van der Waals surface area (Å²) < 4.78 is 41.3. The first-order chi connectivity index (χ1) is 14.9. The molecule has 2 N–H and O–H groups in total. The van der Waals surface area contributed by atoms with Crippen LogP contribution in [0.1, 0.15) is 5.56 Å². The molecular weight excluding hydrogens is 437 g/mol. The topological polar surface area (TPSA) is 103 Å². The molecule has 5 rings (SSSR count). The number of hydrogen-bond acceptors (Lipinski definition) is 7. The van der Waals surface area contributed by atoms with Crippen molar-refractivity contribution in [2.75, 3.05) is 5.73 Å². The van der Waals surface area contributed by atoms with Gasteiger partial charge < -0.3 is 5.73 Å². The second kappa shape index (κ2) is 7.25. The van der Waals surface area contributed by atoms with E-state index in [1.165, 1.54) is 29.1 Å². The van der Waals surface area contributed by atoms with Gasteiger partial charge in [-0.05, 0) is 41.3 Å². The molecule has 0 fully saturated rings. The van der Waals surface area contributed by atoms with E-state index in [1.54, 1.807) is 41.8 Å². The van der Waals surface area contributed by atoms with Crippen LogP contribution in [0, 0.1) is 5.82 Å². The van der Waals surface area contributed by atoms with Gasteiger partial charge in [0.15, 0.2) is 5.65 Å². The zero-order chi connectivity index (χ0) is 21.6. The second-order valence-electron chi connectivity index (χ2n) is 6.64. The molecule has 2 aromatic carbocycles. The number of anilines is 1. The summed E-state index contributed by atoms with van der Waals surface area (Å²) in [6.45, 7) is 0. The molecule has 0 aliphatic carbocycles. The van der Waals surface area contributed by atoms with E-state index in [-0.39, 0.29) is 31.9 Å². The van der Waals surface area contributed by atoms with Gasteiger partial charge in [-0.15, -0.1) is 11.3 Å². The smallest absolute Gasteiger partial charge is 0.221 e. The van der Waals surface area contributed by atoms with Crippen LogP contribution in [-0.4, -0.2) is 29.3 Å². The van der Waals surface area contributed by atoms with E-state index < -0.39 is 9.84 Å². The highest BCUT2D eigenvalue weighted by Gasteiger charge is 2.31. The van der Waals surface area contributed by atoms with Crippen LogP contribution in [0.25, 0.3) is 22.2 Å². The normalized spacial score (nSPS) is 12.3. The number of para-hydroxylation sites is 2. The van der Waals surface area contributed by atoms with Gasteiger partial charge in [-0.25, -0.2) is 22.8 Å².